The molecule has 0 saturated heterocycles. The quantitative estimate of drug-likeness (QED) is 0.155. The first-order valence-corrected chi connectivity index (χ1v) is 2.11. The minimum Gasteiger partial charge on any atom is -0.450 e. The van der Waals surface area contributed by atoms with Crippen LogP contribution in [-0.4, -0.2) is 34.2 Å². The fourth-order valence-electron chi connectivity index (χ4n) is 0.0852. The Balaban J connectivity index is 0. The third kappa shape index (κ3) is 87.4. The van der Waals surface area contributed by atoms with Gasteiger partial charge in [0.1, 0.15) is 6.73 Å². The number of nitrogens with one attached hydrogen (secondary N) is 2. The molecule has 0 fully saturated rings. The van der Waals surface area contributed by atoms with E-state index < -0.39 is 6.16 Å². The molecule has 0 atom stereocenters. The molecule has 0 unspecified atom stereocenters. The summed E-state index contributed by atoms with van der Waals surface area (Å²) in [5.41, 5.74) is 4.72. The van der Waals surface area contributed by atoms with Gasteiger partial charge in [-0.05, 0) is 0 Å². The van der Waals surface area contributed by atoms with Crippen molar-refractivity contribution in [1.29, 1.82) is 5.41 Å². The predicted octanol–water partition coefficient (Wildman–Crippen LogP) is -1.36. The summed E-state index contributed by atoms with van der Waals surface area (Å²) in [7, 11) is 0. The molecule has 7 nitrogen and oxygen atoms in total. The topological polar surface area (TPSA) is 140 Å². The zero-order valence-electron chi connectivity index (χ0n) is 5.03. The maximum atomic E-state index is 8.56. The van der Waals surface area contributed by atoms with E-state index in [2.05, 4.69) is 5.32 Å². The average molecular weight is 151 g/mol. The minimum atomic E-state index is -1.83. The van der Waals surface area contributed by atoms with Gasteiger partial charge >= 0.3 is 6.16 Å². The van der Waals surface area contributed by atoms with Gasteiger partial charge in [-0.15, -0.1) is 0 Å². The summed E-state index contributed by atoms with van der Waals surface area (Å²) < 4.78 is 0. The number of aliphatic hydroxyl groups is 1. The molecule has 0 amide bonds. The van der Waals surface area contributed by atoms with E-state index in [-0.39, 0.29) is 12.7 Å². The van der Waals surface area contributed by atoms with Crippen molar-refractivity contribution in [2.24, 2.45) is 5.73 Å². The van der Waals surface area contributed by atoms with Crippen LogP contribution in [0.3, 0.4) is 0 Å². The Morgan fingerprint density at radius 2 is 1.90 bits per heavy atom. The van der Waals surface area contributed by atoms with E-state index in [9.17, 15) is 0 Å². The van der Waals surface area contributed by atoms with E-state index in [1.165, 1.54) is 0 Å². The molecule has 0 aliphatic heterocycles. The number of rotatable bonds is 1. The fraction of sp³-hybridized carbons (Fsp3) is 0.333. The molecule has 0 saturated carbocycles. The first kappa shape index (κ1) is 11.3. The summed E-state index contributed by atoms with van der Waals surface area (Å²) in [6.45, 7) is -0.269. The maximum Gasteiger partial charge on any atom is 0.503 e. The van der Waals surface area contributed by atoms with Crippen molar-refractivity contribution in [2.45, 2.75) is 0 Å². The SMILES string of the molecule is N=C(N)NCO.O=C(O)O. The highest BCUT2D eigenvalue weighted by molar-refractivity contribution is 5.73. The van der Waals surface area contributed by atoms with E-state index in [0.29, 0.717) is 0 Å². The lowest BCUT2D eigenvalue weighted by atomic mass is 11.0. The smallest absolute Gasteiger partial charge is 0.450 e. The van der Waals surface area contributed by atoms with Crippen LogP contribution in [0.15, 0.2) is 0 Å². The molecule has 10 heavy (non-hydrogen) atoms. The molecule has 7 N–H and O–H groups in total. The Morgan fingerprint density at radius 1 is 1.60 bits per heavy atom. The second-order valence-electron chi connectivity index (χ2n) is 1.03. The summed E-state index contributed by atoms with van der Waals surface area (Å²) in [6, 6.07) is 0. The van der Waals surface area contributed by atoms with Gasteiger partial charge in [0, 0.05) is 0 Å². The zero-order valence-corrected chi connectivity index (χ0v) is 5.03. The van der Waals surface area contributed by atoms with Crippen LogP contribution in [0.25, 0.3) is 0 Å². The Bertz CT molecular complexity index is 110. The van der Waals surface area contributed by atoms with Gasteiger partial charge in [0.15, 0.2) is 5.96 Å². The largest absolute Gasteiger partial charge is 0.503 e. The van der Waals surface area contributed by atoms with Crippen LogP contribution in [0.4, 0.5) is 4.79 Å². The summed E-state index contributed by atoms with van der Waals surface area (Å²) in [5, 5.41) is 30.4. The highest BCUT2D eigenvalue weighted by Gasteiger charge is 1.74. The molecule has 0 aromatic rings. The van der Waals surface area contributed by atoms with Crippen molar-refractivity contribution < 1.29 is 20.1 Å². The zero-order chi connectivity index (χ0) is 8.57. The normalized spacial score (nSPS) is 6.90. The van der Waals surface area contributed by atoms with E-state index in [4.69, 9.17) is 31.3 Å². The molecule has 0 aliphatic rings. The summed E-state index contributed by atoms with van der Waals surface area (Å²) in [5.74, 6) is -0.211. The maximum absolute atomic E-state index is 8.56. The highest BCUT2D eigenvalue weighted by atomic mass is 16.6. The van der Waals surface area contributed by atoms with Gasteiger partial charge < -0.3 is 26.4 Å². The first-order valence-electron chi connectivity index (χ1n) is 2.11. The average Bonchev–Trinajstić information content (AvgIpc) is 1.62. The van der Waals surface area contributed by atoms with Crippen LogP contribution in [0.5, 0.6) is 0 Å². The van der Waals surface area contributed by atoms with Crippen LogP contribution in [0, 0.1) is 5.41 Å². The van der Waals surface area contributed by atoms with Crippen molar-refractivity contribution in [3.05, 3.63) is 0 Å². The van der Waals surface area contributed by atoms with Crippen molar-refractivity contribution in [1.82, 2.24) is 5.32 Å². The van der Waals surface area contributed by atoms with Gasteiger partial charge in [0.25, 0.3) is 0 Å². The van der Waals surface area contributed by atoms with Crippen molar-refractivity contribution in [2.75, 3.05) is 6.73 Å². The van der Waals surface area contributed by atoms with Gasteiger partial charge in [0.2, 0.25) is 0 Å². The monoisotopic (exact) mass is 151 g/mol. The predicted molar refractivity (Wildman–Crippen MR) is 32.8 cm³/mol. The third-order valence-electron chi connectivity index (χ3n) is 0.270. The van der Waals surface area contributed by atoms with Gasteiger partial charge in [-0.25, -0.2) is 4.79 Å². The summed E-state index contributed by atoms with van der Waals surface area (Å²) >= 11 is 0. The van der Waals surface area contributed by atoms with E-state index in [1.807, 2.05) is 0 Å². The molecule has 0 rings (SSSR count). The van der Waals surface area contributed by atoms with E-state index >= 15 is 0 Å². The van der Waals surface area contributed by atoms with E-state index in [0.717, 1.165) is 0 Å². The van der Waals surface area contributed by atoms with Crippen LogP contribution in [0.2, 0.25) is 0 Å². The number of hydrogen-bond donors (Lipinski definition) is 6. The molecule has 0 heterocycles. The van der Waals surface area contributed by atoms with Crippen LogP contribution in [-0.2, 0) is 0 Å². The number of aliphatic hydroxyl groups excluding tert-OH is 1. The Morgan fingerprint density at radius 3 is 1.90 bits per heavy atom. The molecule has 0 spiro atoms. The Kier molecular flexibility index (Phi) is 8.49. The molecule has 0 aromatic carbocycles. The molecule has 60 valence electrons. The van der Waals surface area contributed by atoms with Crippen LogP contribution in [0.1, 0.15) is 0 Å². The fourth-order valence-corrected chi connectivity index (χ4v) is 0.0852. The van der Waals surface area contributed by atoms with Gasteiger partial charge in [-0.2, -0.15) is 0 Å². The van der Waals surface area contributed by atoms with Crippen LogP contribution < -0.4 is 11.1 Å². The molecule has 0 bridgehead atoms. The van der Waals surface area contributed by atoms with Gasteiger partial charge in [0.05, 0.1) is 0 Å². The lowest BCUT2D eigenvalue weighted by Gasteiger charge is -1.92. The van der Waals surface area contributed by atoms with E-state index in [1.54, 1.807) is 0 Å². The molecular weight excluding hydrogens is 142 g/mol. The Hall–Kier alpha value is -1.50. The second kappa shape index (κ2) is 7.50. The molecule has 0 aliphatic carbocycles. The molecule has 7 heteroatoms. The summed E-state index contributed by atoms with van der Waals surface area (Å²) in [4.78, 5) is 8.56. The number of carboxylic acid groups (broad SMARTS) is 2. The molecule has 0 radical (unpaired) electrons. The van der Waals surface area contributed by atoms with Gasteiger partial charge in [-0.1, -0.05) is 0 Å². The summed E-state index contributed by atoms with van der Waals surface area (Å²) in [6.07, 6.45) is -1.83. The highest BCUT2D eigenvalue weighted by Crippen LogP contribution is 1.42. The number of hydrogen-bond acceptors (Lipinski definition) is 3. The number of carbonyl (C=O) groups is 1. The number of nitrogens with two attached hydrogens (primary N) is 1. The van der Waals surface area contributed by atoms with Gasteiger partial charge in [-0.3, -0.25) is 5.41 Å². The van der Waals surface area contributed by atoms with Crippen LogP contribution >= 0.6 is 0 Å². The number of guanidine groups is 1. The molecular formula is C3H9N3O4. The van der Waals surface area contributed by atoms with Crippen molar-refractivity contribution >= 4 is 12.1 Å². The standard InChI is InChI=1S/C2H7N3O.CH2O3/c3-2(4)5-1-6;2-1(3)4/h6H,1H2,(H4,3,4,5);(H2,2,3,4). The third-order valence-corrected chi connectivity index (χ3v) is 0.270. The first-order chi connectivity index (χ1) is 4.50. The lowest BCUT2D eigenvalue weighted by molar-refractivity contribution is 0.137. The Labute approximate surface area is 56.6 Å². The lowest BCUT2D eigenvalue weighted by Crippen LogP contribution is -2.30. The van der Waals surface area contributed by atoms with Crippen molar-refractivity contribution in [3.8, 4) is 0 Å². The van der Waals surface area contributed by atoms with Crippen molar-refractivity contribution in [3.63, 3.8) is 0 Å². The minimum absolute atomic E-state index is 0.211. The second-order valence-corrected chi connectivity index (χ2v) is 1.03. The molecule has 0 aromatic heterocycles.